The van der Waals surface area contributed by atoms with Crippen LogP contribution in [0.3, 0.4) is 0 Å². The van der Waals surface area contributed by atoms with E-state index in [1.165, 1.54) is 0 Å². The zero-order valence-electron chi connectivity index (χ0n) is 11.7. The summed E-state index contributed by atoms with van der Waals surface area (Å²) < 4.78 is 10.7. The van der Waals surface area contributed by atoms with Crippen LogP contribution in [0.15, 0.2) is 24.3 Å². The van der Waals surface area contributed by atoms with Gasteiger partial charge in [-0.1, -0.05) is 32.0 Å². The second kappa shape index (κ2) is 8.11. The molecule has 0 aliphatic rings. The first-order chi connectivity index (χ1) is 8.65. The minimum absolute atomic E-state index is 0.0474. The summed E-state index contributed by atoms with van der Waals surface area (Å²) in [7, 11) is 1.67. The van der Waals surface area contributed by atoms with Crippen molar-refractivity contribution in [2.45, 2.75) is 32.7 Å². The molecule has 0 aliphatic heterocycles. The van der Waals surface area contributed by atoms with Gasteiger partial charge in [-0.15, -0.1) is 0 Å². The van der Waals surface area contributed by atoms with Crippen LogP contribution >= 0.6 is 0 Å². The number of ether oxygens (including phenoxy) is 2. The Bertz CT molecular complexity index is 339. The van der Waals surface area contributed by atoms with Crippen LogP contribution in [0.2, 0.25) is 0 Å². The standard InChI is InChI=1S/C15H25NO2/c1-12(2)8-9-14(16)13-6-4-5-7-15(13)18-11-10-17-3/h4-7,12,14H,8-11,16H2,1-3H3. The van der Waals surface area contributed by atoms with E-state index in [-0.39, 0.29) is 6.04 Å². The Labute approximate surface area is 110 Å². The zero-order valence-corrected chi connectivity index (χ0v) is 11.7. The number of benzene rings is 1. The van der Waals surface area contributed by atoms with Crippen molar-refractivity contribution in [3.63, 3.8) is 0 Å². The van der Waals surface area contributed by atoms with E-state index in [0.29, 0.717) is 19.1 Å². The fraction of sp³-hybridized carbons (Fsp3) is 0.600. The number of para-hydroxylation sites is 1. The molecule has 0 fully saturated rings. The molecule has 0 bridgehead atoms. The van der Waals surface area contributed by atoms with Crippen LogP contribution in [0.5, 0.6) is 5.75 Å². The molecule has 0 aromatic heterocycles. The van der Waals surface area contributed by atoms with Crippen molar-refractivity contribution in [3.05, 3.63) is 29.8 Å². The van der Waals surface area contributed by atoms with Crippen molar-refractivity contribution in [1.82, 2.24) is 0 Å². The van der Waals surface area contributed by atoms with Gasteiger partial charge in [0.1, 0.15) is 12.4 Å². The lowest BCUT2D eigenvalue weighted by Gasteiger charge is -2.17. The molecular formula is C15H25NO2. The van der Waals surface area contributed by atoms with Gasteiger partial charge < -0.3 is 15.2 Å². The SMILES string of the molecule is COCCOc1ccccc1C(N)CCC(C)C. The van der Waals surface area contributed by atoms with E-state index < -0.39 is 0 Å². The van der Waals surface area contributed by atoms with Crippen LogP contribution in [0.25, 0.3) is 0 Å². The lowest BCUT2D eigenvalue weighted by atomic mass is 9.98. The highest BCUT2D eigenvalue weighted by atomic mass is 16.5. The van der Waals surface area contributed by atoms with Crippen LogP contribution in [0.4, 0.5) is 0 Å². The summed E-state index contributed by atoms with van der Waals surface area (Å²) in [5.74, 6) is 1.56. The molecule has 0 amide bonds. The fourth-order valence-electron chi connectivity index (χ4n) is 1.82. The number of hydrogen-bond donors (Lipinski definition) is 1. The molecule has 1 aromatic rings. The maximum absolute atomic E-state index is 6.24. The van der Waals surface area contributed by atoms with Gasteiger partial charge in [-0.25, -0.2) is 0 Å². The van der Waals surface area contributed by atoms with Gasteiger partial charge in [-0.2, -0.15) is 0 Å². The molecule has 0 spiro atoms. The lowest BCUT2D eigenvalue weighted by molar-refractivity contribution is 0.145. The van der Waals surface area contributed by atoms with Crippen molar-refractivity contribution >= 4 is 0 Å². The van der Waals surface area contributed by atoms with Crippen LogP contribution in [0.1, 0.15) is 38.3 Å². The Kier molecular flexibility index (Phi) is 6.76. The minimum Gasteiger partial charge on any atom is -0.491 e. The zero-order chi connectivity index (χ0) is 13.4. The maximum atomic E-state index is 6.24. The molecule has 3 nitrogen and oxygen atoms in total. The quantitative estimate of drug-likeness (QED) is 0.722. The predicted octanol–water partition coefficient (Wildman–Crippen LogP) is 3.15. The van der Waals surface area contributed by atoms with Crippen molar-refractivity contribution in [3.8, 4) is 5.75 Å². The molecule has 0 radical (unpaired) electrons. The summed E-state index contributed by atoms with van der Waals surface area (Å²) in [6, 6.07) is 8.05. The van der Waals surface area contributed by atoms with Crippen LogP contribution < -0.4 is 10.5 Å². The van der Waals surface area contributed by atoms with Gasteiger partial charge in [0.25, 0.3) is 0 Å². The summed E-state index contributed by atoms with van der Waals surface area (Å²) in [6.45, 7) is 5.58. The summed E-state index contributed by atoms with van der Waals surface area (Å²) in [6.07, 6.45) is 2.12. The Morgan fingerprint density at radius 1 is 1.11 bits per heavy atom. The molecule has 3 heteroatoms. The summed E-state index contributed by atoms with van der Waals surface area (Å²) in [5.41, 5.74) is 7.33. The first-order valence-corrected chi connectivity index (χ1v) is 6.61. The Balaban J connectivity index is 2.62. The number of rotatable bonds is 8. The molecule has 0 heterocycles. The summed E-state index contributed by atoms with van der Waals surface area (Å²) in [4.78, 5) is 0. The molecule has 1 rings (SSSR count). The van der Waals surface area contributed by atoms with Crippen LogP contribution in [0, 0.1) is 5.92 Å². The third kappa shape index (κ3) is 5.07. The first kappa shape index (κ1) is 15.0. The smallest absolute Gasteiger partial charge is 0.124 e. The monoisotopic (exact) mass is 251 g/mol. The minimum atomic E-state index is 0.0474. The highest BCUT2D eigenvalue weighted by molar-refractivity contribution is 5.35. The normalized spacial score (nSPS) is 12.7. The van der Waals surface area contributed by atoms with E-state index in [1.807, 2.05) is 24.3 Å². The molecule has 102 valence electrons. The predicted molar refractivity (Wildman–Crippen MR) is 74.8 cm³/mol. The van der Waals surface area contributed by atoms with E-state index in [1.54, 1.807) is 7.11 Å². The highest BCUT2D eigenvalue weighted by Crippen LogP contribution is 2.27. The molecular weight excluding hydrogens is 226 g/mol. The number of hydrogen-bond acceptors (Lipinski definition) is 3. The Morgan fingerprint density at radius 3 is 2.50 bits per heavy atom. The third-order valence-electron chi connectivity index (χ3n) is 2.92. The second-order valence-corrected chi connectivity index (χ2v) is 4.96. The topological polar surface area (TPSA) is 44.5 Å². The Hall–Kier alpha value is -1.06. The van der Waals surface area contributed by atoms with Crippen molar-refractivity contribution in [1.29, 1.82) is 0 Å². The first-order valence-electron chi connectivity index (χ1n) is 6.61. The number of nitrogens with two attached hydrogens (primary N) is 1. The van der Waals surface area contributed by atoms with Gasteiger partial charge in [0, 0.05) is 18.7 Å². The van der Waals surface area contributed by atoms with E-state index in [9.17, 15) is 0 Å². The van der Waals surface area contributed by atoms with Crippen LogP contribution in [-0.2, 0) is 4.74 Å². The van der Waals surface area contributed by atoms with E-state index in [2.05, 4.69) is 13.8 Å². The average molecular weight is 251 g/mol. The van der Waals surface area contributed by atoms with Gasteiger partial charge in [0.2, 0.25) is 0 Å². The fourth-order valence-corrected chi connectivity index (χ4v) is 1.82. The lowest BCUT2D eigenvalue weighted by Crippen LogP contribution is -2.14. The summed E-state index contributed by atoms with van der Waals surface area (Å²) >= 11 is 0. The van der Waals surface area contributed by atoms with Crippen LogP contribution in [-0.4, -0.2) is 20.3 Å². The molecule has 0 saturated carbocycles. The average Bonchev–Trinajstić information content (AvgIpc) is 2.37. The molecule has 1 atom stereocenters. The maximum Gasteiger partial charge on any atom is 0.124 e. The van der Waals surface area contributed by atoms with Crippen molar-refractivity contribution in [2.24, 2.45) is 11.7 Å². The number of methoxy groups -OCH3 is 1. The van der Waals surface area contributed by atoms with E-state index >= 15 is 0 Å². The van der Waals surface area contributed by atoms with Gasteiger partial charge in [-0.3, -0.25) is 0 Å². The highest BCUT2D eigenvalue weighted by Gasteiger charge is 2.12. The molecule has 1 aromatic carbocycles. The van der Waals surface area contributed by atoms with Gasteiger partial charge in [0.05, 0.1) is 6.61 Å². The van der Waals surface area contributed by atoms with E-state index in [4.69, 9.17) is 15.2 Å². The van der Waals surface area contributed by atoms with Gasteiger partial charge in [-0.05, 0) is 24.8 Å². The largest absolute Gasteiger partial charge is 0.491 e. The molecule has 0 aliphatic carbocycles. The molecule has 1 unspecified atom stereocenters. The van der Waals surface area contributed by atoms with E-state index in [0.717, 1.165) is 24.2 Å². The van der Waals surface area contributed by atoms with Crippen molar-refractivity contribution in [2.75, 3.05) is 20.3 Å². The van der Waals surface area contributed by atoms with Crippen molar-refractivity contribution < 1.29 is 9.47 Å². The molecule has 2 N–H and O–H groups in total. The molecule has 18 heavy (non-hydrogen) atoms. The van der Waals surface area contributed by atoms with Gasteiger partial charge >= 0.3 is 0 Å². The summed E-state index contributed by atoms with van der Waals surface area (Å²) in [5, 5.41) is 0. The Morgan fingerprint density at radius 2 is 1.83 bits per heavy atom. The third-order valence-corrected chi connectivity index (χ3v) is 2.92. The van der Waals surface area contributed by atoms with Gasteiger partial charge in [0.15, 0.2) is 0 Å². The second-order valence-electron chi connectivity index (χ2n) is 4.96. The molecule has 0 saturated heterocycles.